The molecule has 0 spiro atoms. The second-order valence-corrected chi connectivity index (χ2v) is 3.39. The van der Waals surface area contributed by atoms with Crippen LogP contribution in [0.25, 0.3) is 0 Å². The molecule has 0 bridgehead atoms. The number of hydrogen-bond donors (Lipinski definition) is 0. The highest BCUT2D eigenvalue weighted by Gasteiger charge is 2.06. The molecule has 0 aliphatic rings. The summed E-state index contributed by atoms with van der Waals surface area (Å²) in [5.74, 6) is 0. The van der Waals surface area contributed by atoms with Gasteiger partial charge in [0.1, 0.15) is 6.26 Å². The van der Waals surface area contributed by atoms with Gasteiger partial charge in [0.2, 0.25) is 0 Å². The first-order valence-electron chi connectivity index (χ1n) is 2.97. The van der Waals surface area contributed by atoms with E-state index in [0.717, 1.165) is 10.6 Å². The van der Waals surface area contributed by atoms with Crippen LogP contribution in [0.5, 0.6) is 0 Å². The number of hydrogen-bond acceptors (Lipinski definition) is 2. The molecule has 0 radical (unpaired) electrons. The third kappa shape index (κ3) is 1.49. The fourth-order valence-corrected chi connectivity index (χ4v) is 1.51. The average Bonchev–Trinajstić information content (AvgIpc) is 1.88. The normalized spacial score (nSPS) is 13.1. The van der Waals surface area contributed by atoms with Crippen molar-refractivity contribution in [2.45, 2.75) is 11.8 Å². The summed E-state index contributed by atoms with van der Waals surface area (Å²) in [6.45, 7) is 1.86. The van der Waals surface area contributed by atoms with Gasteiger partial charge in [-0.3, -0.25) is 4.98 Å². The molecule has 10 heavy (non-hydrogen) atoms. The standard InChI is InChI=1S/C7H9NOS/c1-6-7(10(2)9)4-3-5-8-6/h3-5H,1-2H3. The van der Waals surface area contributed by atoms with E-state index in [-0.39, 0.29) is 0 Å². The Morgan fingerprint density at radius 2 is 2.30 bits per heavy atom. The van der Waals surface area contributed by atoms with Gasteiger partial charge in [0.05, 0.1) is 5.69 Å². The predicted octanol–water partition coefficient (Wildman–Crippen LogP) is 1.13. The molecule has 1 unspecified atom stereocenters. The Morgan fingerprint density at radius 1 is 1.60 bits per heavy atom. The van der Waals surface area contributed by atoms with Crippen LogP contribution in [0.2, 0.25) is 0 Å². The van der Waals surface area contributed by atoms with Crippen molar-refractivity contribution in [2.24, 2.45) is 0 Å². The summed E-state index contributed by atoms with van der Waals surface area (Å²) in [4.78, 5) is 4.83. The minimum atomic E-state index is -0.903. The van der Waals surface area contributed by atoms with Gasteiger partial charge in [0.25, 0.3) is 0 Å². The van der Waals surface area contributed by atoms with E-state index < -0.39 is 11.2 Å². The smallest absolute Gasteiger partial charge is 0.173 e. The van der Waals surface area contributed by atoms with Gasteiger partial charge in [0, 0.05) is 6.20 Å². The van der Waals surface area contributed by atoms with Crippen molar-refractivity contribution >= 4 is 11.2 Å². The quantitative estimate of drug-likeness (QED) is 0.570. The third-order valence-corrected chi connectivity index (χ3v) is 2.32. The summed E-state index contributed by atoms with van der Waals surface area (Å²) in [6.07, 6.45) is 3.36. The lowest BCUT2D eigenvalue weighted by atomic mass is 10.4. The zero-order valence-corrected chi connectivity index (χ0v) is 6.81. The first-order valence-corrected chi connectivity index (χ1v) is 4.52. The average molecular weight is 155 g/mol. The maximum atomic E-state index is 10.9. The Kier molecular flexibility index (Phi) is 2.29. The van der Waals surface area contributed by atoms with Gasteiger partial charge in [-0.1, -0.05) is 0 Å². The van der Waals surface area contributed by atoms with Crippen LogP contribution in [-0.2, 0) is 11.2 Å². The number of nitrogens with zero attached hydrogens (tertiary/aromatic N) is 1. The van der Waals surface area contributed by atoms with Crippen LogP contribution in [0, 0.1) is 6.92 Å². The van der Waals surface area contributed by atoms with Crippen molar-refractivity contribution < 1.29 is 4.55 Å². The highest BCUT2D eigenvalue weighted by atomic mass is 32.2. The molecule has 2 nitrogen and oxygen atoms in total. The van der Waals surface area contributed by atoms with Crippen molar-refractivity contribution in [3.63, 3.8) is 0 Å². The Balaban J connectivity index is 3.03. The third-order valence-electron chi connectivity index (χ3n) is 1.27. The summed E-state index contributed by atoms with van der Waals surface area (Å²) < 4.78 is 10.9. The monoisotopic (exact) mass is 155 g/mol. The predicted molar refractivity (Wildman–Crippen MR) is 41.3 cm³/mol. The van der Waals surface area contributed by atoms with Gasteiger partial charge in [-0.2, -0.15) is 0 Å². The van der Waals surface area contributed by atoms with Crippen LogP contribution in [0.4, 0.5) is 0 Å². The van der Waals surface area contributed by atoms with E-state index in [1.165, 1.54) is 0 Å². The van der Waals surface area contributed by atoms with Gasteiger partial charge in [-0.15, -0.1) is 0 Å². The lowest BCUT2D eigenvalue weighted by Gasteiger charge is -2.04. The number of rotatable bonds is 1. The molecule has 54 valence electrons. The molecule has 0 aliphatic carbocycles. The molecule has 0 aromatic carbocycles. The van der Waals surface area contributed by atoms with E-state index in [1.54, 1.807) is 18.5 Å². The Bertz CT molecular complexity index is 225. The van der Waals surface area contributed by atoms with E-state index in [2.05, 4.69) is 4.98 Å². The number of aryl methyl sites for hydroxylation is 1. The molecule has 1 heterocycles. The van der Waals surface area contributed by atoms with Crippen LogP contribution in [0.3, 0.4) is 0 Å². The van der Waals surface area contributed by atoms with Gasteiger partial charge < -0.3 is 4.55 Å². The summed E-state index contributed by atoms with van der Waals surface area (Å²) in [7, 11) is 0. The van der Waals surface area contributed by atoms with Crippen LogP contribution in [-0.4, -0.2) is 15.8 Å². The number of aromatic nitrogens is 1. The topological polar surface area (TPSA) is 36.0 Å². The first kappa shape index (κ1) is 7.57. The van der Waals surface area contributed by atoms with E-state index in [1.807, 2.05) is 13.0 Å². The van der Waals surface area contributed by atoms with Crippen LogP contribution >= 0.6 is 0 Å². The molecule has 0 saturated heterocycles. The van der Waals surface area contributed by atoms with Crippen molar-refractivity contribution in [1.29, 1.82) is 0 Å². The fourth-order valence-electron chi connectivity index (χ4n) is 0.773. The molecule has 1 aromatic heterocycles. The molecular weight excluding hydrogens is 146 g/mol. The largest absolute Gasteiger partial charge is 0.612 e. The van der Waals surface area contributed by atoms with E-state index in [4.69, 9.17) is 0 Å². The molecule has 1 atom stereocenters. The van der Waals surface area contributed by atoms with Crippen LogP contribution in [0.15, 0.2) is 23.2 Å². The van der Waals surface area contributed by atoms with Crippen molar-refractivity contribution in [3.8, 4) is 0 Å². The van der Waals surface area contributed by atoms with E-state index in [0.29, 0.717) is 0 Å². The molecule has 0 N–H and O–H groups in total. The van der Waals surface area contributed by atoms with Crippen LogP contribution < -0.4 is 0 Å². The maximum absolute atomic E-state index is 10.9. The molecule has 0 saturated carbocycles. The minimum absolute atomic E-state index is 0.822. The summed E-state index contributed by atoms with van der Waals surface area (Å²) in [6, 6.07) is 3.63. The molecule has 3 heteroatoms. The minimum Gasteiger partial charge on any atom is -0.612 e. The summed E-state index contributed by atoms with van der Waals surface area (Å²) in [5, 5.41) is 0. The van der Waals surface area contributed by atoms with Crippen molar-refractivity contribution in [2.75, 3.05) is 6.26 Å². The number of pyridine rings is 1. The second-order valence-electron chi connectivity index (χ2n) is 2.04. The van der Waals surface area contributed by atoms with Gasteiger partial charge >= 0.3 is 0 Å². The van der Waals surface area contributed by atoms with Crippen molar-refractivity contribution in [3.05, 3.63) is 24.0 Å². The lowest BCUT2D eigenvalue weighted by Crippen LogP contribution is -2.00. The van der Waals surface area contributed by atoms with Gasteiger partial charge in [-0.25, -0.2) is 0 Å². The highest BCUT2D eigenvalue weighted by molar-refractivity contribution is 7.90. The Labute approximate surface area is 63.5 Å². The molecule has 0 fully saturated rings. The van der Waals surface area contributed by atoms with Gasteiger partial charge in [0.15, 0.2) is 4.90 Å². The Hall–Kier alpha value is -0.540. The molecule has 1 aromatic rings. The summed E-state index contributed by atoms with van der Waals surface area (Å²) in [5.41, 5.74) is 0.850. The zero-order valence-electron chi connectivity index (χ0n) is 6.00. The molecule has 0 amide bonds. The first-order chi connectivity index (χ1) is 4.72. The zero-order chi connectivity index (χ0) is 7.56. The molecular formula is C7H9NOS. The SMILES string of the molecule is Cc1ncccc1[S+](C)[O-]. The summed E-state index contributed by atoms with van der Waals surface area (Å²) >= 11 is -0.903. The lowest BCUT2D eigenvalue weighted by molar-refractivity contribution is 0.599. The second kappa shape index (κ2) is 3.03. The molecule has 0 aliphatic heterocycles. The van der Waals surface area contributed by atoms with Crippen LogP contribution in [0.1, 0.15) is 5.69 Å². The van der Waals surface area contributed by atoms with E-state index in [9.17, 15) is 4.55 Å². The fraction of sp³-hybridized carbons (Fsp3) is 0.286. The highest BCUT2D eigenvalue weighted by Crippen LogP contribution is 2.10. The van der Waals surface area contributed by atoms with Crippen molar-refractivity contribution in [1.82, 2.24) is 4.98 Å². The van der Waals surface area contributed by atoms with E-state index >= 15 is 0 Å². The Morgan fingerprint density at radius 3 is 2.70 bits per heavy atom. The maximum Gasteiger partial charge on any atom is 0.173 e. The van der Waals surface area contributed by atoms with Gasteiger partial charge in [-0.05, 0) is 30.2 Å². The molecule has 1 rings (SSSR count).